The highest BCUT2D eigenvalue weighted by atomic mass is 16.5. The molecule has 118 valence electrons. The highest BCUT2D eigenvalue weighted by Crippen LogP contribution is 2.28. The fraction of sp³-hybridized carbons (Fsp3) is 0.500. The molecule has 0 unspecified atom stereocenters. The standard InChI is InChI=1S/C16H21N3O3/c1-19(16(12-20)7-9-21-10-8-16)11-14-17-15(18-22-14)13-5-3-2-4-6-13/h2-6,20H,7-12H2,1H3. The fourth-order valence-electron chi connectivity index (χ4n) is 2.81. The van der Waals surface area contributed by atoms with E-state index in [0.29, 0.717) is 31.5 Å². The van der Waals surface area contributed by atoms with Gasteiger partial charge in [0.25, 0.3) is 0 Å². The first-order valence-electron chi connectivity index (χ1n) is 7.51. The Hall–Kier alpha value is -1.76. The minimum Gasteiger partial charge on any atom is -0.394 e. The Kier molecular flexibility index (Phi) is 4.52. The summed E-state index contributed by atoms with van der Waals surface area (Å²) in [6.45, 7) is 1.96. The number of hydrogen-bond donors (Lipinski definition) is 1. The van der Waals surface area contributed by atoms with Crippen molar-refractivity contribution in [3.05, 3.63) is 36.2 Å². The summed E-state index contributed by atoms with van der Waals surface area (Å²) in [6, 6.07) is 9.74. The smallest absolute Gasteiger partial charge is 0.241 e. The van der Waals surface area contributed by atoms with Crippen LogP contribution in [0.1, 0.15) is 18.7 Å². The van der Waals surface area contributed by atoms with Crippen LogP contribution < -0.4 is 0 Å². The zero-order valence-corrected chi connectivity index (χ0v) is 12.7. The van der Waals surface area contributed by atoms with Crippen molar-refractivity contribution in [3.8, 4) is 11.4 Å². The molecule has 0 radical (unpaired) electrons. The third-order valence-electron chi connectivity index (χ3n) is 4.40. The van der Waals surface area contributed by atoms with Crippen LogP contribution in [0.3, 0.4) is 0 Å². The first kappa shape index (κ1) is 15.1. The van der Waals surface area contributed by atoms with Crippen molar-refractivity contribution in [1.82, 2.24) is 15.0 Å². The highest BCUT2D eigenvalue weighted by Gasteiger charge is 2.36. The number of aliphatic hydroxyl groups excluding tert-OH is 1. The molecule has 1 aromatic heterocycles. The number of ether oxygens (including phenoxy) is 1. The molecule has 1 fully saturated rings. The summed E-state index contributed by atoms with van der Waals surface area (Å²) < 4.78 is 10.8. The van der Waals surface area contributed by atoms with Gasteiger partial charge >= 0.3 is 0 Å². The Labute approximate surface area is 129 Å². The maximum atomic E-state index is 9.81. The van der Waals surface area contributed by atoms with Crippen molar-refractivity contribution in [2.75, 3.05) is 26.9 Å². The number of rotatable bonds is 5. The second-order valence-electron chi connectivity index (χ2n) is 5.73. The van der Waals surface area contributed by atoms with Gasteiger partial charge in [-0.1, -0.05) is 35.5 Å². The van der Waals surface area contributed by atoms with Crippen molar-refractivity contribution >= 4 is 0 Å². The Morgan fingerprint density at radius 1 is 1.23 bits per heavy atom. The van der Waals surface area contributed by atoms with E-state index in [1.54, 1.807) is 0 Å². The van der Waals surface area contributed by atoms with Gasteiger partial charge in [0.05, 0.1) is 13.2 Å². The van der Waals surface area contributed by atoms with Gasteiger partial charge in [-0.05, 0) is 19.9 Å². The molecular weight excluding hydrogens is 282 g/mol. The Bertz CT molecular complexity index is 594. The number of aromatic nitrogens is 2. The molecular formula is C16H21N3O3. The van der Waals surface area contributed by atoms with E-state index in [1.165, 1.54) is 0 Å². The maximum absolute atomic E-state index is 9.81. The Balaban J connectivity index is 1.72. The van der Waals surface area contributed by atoms with Crippen LogP contribution >= 0.6 is 0 Å². The normalized spacial score (nSPS) is 17.8. The van der Waals surface area contributed by atoms with E-state index in [-0.39, 0.29) is 12.1 Å². The van der Waals surface area contributed by atoms with Gasteiger partial charge in [-0.15, -0.1) is 0 Å². The summed E-state index contributed by atoms with van der Waals surface area (Å²) in [7, 11) is 1.98. The van der Waals surface area contributed by atoms with Crippen LogP contribution in [0, 0.1) is 0 Å². The quantitative estimate of drug-likeness (QED) is 0.906. The Morgan fingerprint density at radius 2 is 1.95 bits per heavy atom. The van der Waals surface area contributed by atoms with E-state index >= 15 is 0 Å². The van der Waals surface area contributed by atoms with Crippen molar-refractivity contribution in [1.29, 1.82) is 0 Å². The van der Waals surface area contributed by atoms with Crippen LogP contribution in [0.4, 0.5) is 0 Å². The summed E-state index contributed by atoms with van der Waals surface area (Å²) in [5, 5.41) is 13.8. The lowest BCUT2D eigenvalue weighted by Gasteiger charge is -2.42. The van der Waals surface area contributed by atoms with E-state index in [0.717, 1.165) is 18.4 Å². The van der Waals surface area contributed by atoms with E-state index in [2.05, 4.69) is 15.0 Å². The van der Waals surface area contributed by atoms with Gasteiger partial charge in [-0.2, -0.15) is 4.98 Å². The molecule has 0 atom stereocenters. The van der Waals surface area contributed by atoms with Gasteiger partial charge < -0.3 is 14.4 Å². The van der Waals surface area contributed by atoms with Gasteiger partial charge in [-0.3, -0.25) is 4.90 Å². The number of aliphatic hydroxyl groups is 1. The molecule has 0 aliphatic carbocycles. The summed E-state index contributed by atoms with van der Waals surface area (Å²) in [6.07, 6.45) is 1.61. The minimum atomic E-state index is -0.264. The molecule has 6 nitrogen and oxygen atoms in total. The lowest BCUT2D eigenvalue weighted by molar-refractivity contribution is -0.0521. The van der Waals surface area contributed by atoms with Gasteiger partial charge in [0.15, 0.2) is 0 Å². The SMILES string of the molecule is CN(Cc1nc(-c2ccccc2)no1)C1(CO)CCOCC1. The van der Waals surface area contributed by atoms with Crippen molar-refractivity contribution in [2.24, 2.45) is 0 Å². The zero-order valence-electron chi connectivity index (χ0n) is 12.7. The second-order valence-corrected chi connectivity index (χ2v) is 5.73. The van der Waals surface area contributed by atoms with Gasteiger partial charge in [0.2, 0.25) is 11.7 Å². The molecule has 3 rings (SSSR count). The first-order valence-corrected chi connectivity index (χ1v) is 7.51. The van der Waals surface area contributed by atoms with E-state index in [1.807, 2.05) is 37.4 Å². The number of benzene rings is 1. The predicted octanol–water partition coefficient (Wildman–Crippen LogP) is 1.71. The predicted molar refractivity (Wildman–Crippen MR) is 81.1 cm³/mol. The van der Waals surface area contributed by atoms with Crippen LogP contribution in [0.2, 0.25) is 0 Å². The minimum absolute atomic E-state index is 0.104. The van der Waals surface area contributed by atoms with Gasteiger partial charge in [0, 0.05) is 24.3 Å². The summed E-state index contributed by atoms with van der Waals surface area (Å²) in [5.41, 5.74) is 0.669. The molecule has 1 aliphatic heterocycles. The average molecular weight is 303 g/mol. The third kappa shape index (κ3) is 3.04. The van der Waals surface area contributed by atoms with E-state index in [4.69, 9.17) is 9.26 Å². The molecule has 0 amide bonds. The molecule has 0 saturated carbocycles. The molecule has 1 N–H and O–H groups in total. The number of nitrogens with zero attached hydrogens (tertiary/aromatic N) is 3. The molecule has 1 saturated heterocycles. The lowest BCUT2D eigenvalue weighted by atomic mass is 9.89. The average Bonchev–Trinajstić information content (AvgIpc) is 3.05. The molecule has 1 aromatic carbocycles. The molecule has 2 aromatic rings. The molecule has 6 heteroatoms. The van der Waals surface area contributed by atoms with Crippen LogP contribution in [0.5, 0.6) is 0 Å². The Morgan fingerprint density at radius 3 is 2.64 bits per heavy atom. The maximum Gasteiger partial charge on any atom is 0.241 e. The van der Waals surface area contributed by atoms with Gasteiger partial charge in [0.1, 0.15) is 0 Å². The molecule has 22 heavy (non-hydrogen) atoms. The number of likely N-dealkylation sites (N-methyl/N-ethyl adjacent to an activating group) is 1. The van der Waals surface area contributed by atoms with Crippen LogP contribution in [-0.4, -0.2) is 52.6 Å². The fourth-order valence-corrected chi connectivity index (χ4v) is 2.81. The van der Waals surface area contributed by atoms with Crippen molar-refractivity contribution < 1.29 is 14.4 Å². The number of hydrogen-bond acceptors (Lipinski definition) is 6. The highest BCUT2D eigenvalue weighted by molar-refractivity contribution is 5.53. The summed E-state index contributed by atoms with van der Waals surface area (Å²) in [5.74, 6) is 1.15. The molecule has 0 spiro atoms. The second kappa shape index (κ2) is 6.56. The van der Waals surface area contributed by atoms with Crippen LogP contribution in [-0.2, 0) is 11.3 Å². The van der Waals surface area contributed by atoms with Crippen molar-refractivity contribution in [3.63, 3.8) is 0 Å². The van der Waals surface area contributed by atoms with E-state index in [9.17, 15) is 5.11 Å². The summed E-state index contributed by atoms with van der Waals surface area (Å²) in [4.78, 5) is 6.54. The van der Waals surface area contributed by atoms with Crippen LogP contribution in [0.15, 0.2) is 34.9 Å². The topological polar surface area (TPSA) is 71.6 Å². The molecule has 1 aliphatic rings. The lowest BCUT2D eigenvalue weighted by Crippen LogP contribution is -2.52. The van der Waals surface area contributed by atoms with Gasteiger partial charge in [-0.25, -0.2) is 0 Å². The molecule has 0 bridgehead atoms. The third-order valence-corrected chi connectivity index (χ3v) is 4.40. The largest absolute Gasteiger partial charge is 0.394 e. The van der Waals surface area contributed by atoms with E-state index < -0.39 is 0 Å². The monoisotopic (exact) mass is 303 g/mol. The summed E-state index contributed by atoms with van der Waals surface area (Å²) >= 11 is 0. The first-order chi connectivity index (χ1) is 10.7. The zero-order chi connectivity index (χ0) is 15.4. The molecule has 2 heterocycles. The van der Waals surface area contributed by atoms with Crippen molar-refractivity contribution in [2.45, 2.75) is 24.9 Å². The van der Waals surface area contributed by atoms with Crippen LogP contribution in [0.25, 0.3) is 11.4 Å².